The van der Waals surface area contributed by atoms with Gasteiger partial charge in [-0.25, -0.2) is 0 Å². The molecule has 10 heteroatoms. The maximum atomic E-state index is 11.2. The van der Waals surface area contributed by atoms with Gasteiger partial charge in [-0.2, -0.15) is 0 Å². The number of phenols is 1. The molecule has 0 radical (unpaired) electrons. The van der Waals surface area contributed by atoms with Crippen LogP contribution in [0.5, 0.6) is 5.75 Å². The summed E-state index contributed by atoms with van der Waals surface area (Å²) in [5, 5.41) is 26.4. The van der Waals surface area contributed by atoms with Crippen LogP contribution in [0.2, 0.25) is 0 Å². The third-order valence-corrected chi connectivity index (χ3v) is 5.31. The number of nitrogens with two attached hydrogens (primary N) is 1. The summed E-state index contributed by atoms with van der Waals surface area (Å²) < 4.78 is 29.3. The van der Waals surface area contributed by atoms with E-state index in [2.05, 4.69) is 10.2 Å². The Morgan fingerprint density at radius 1 is 1.12 bits per heavy atom. The number of carboxylic acids is 1. The van der Waals surface area contributed by atoms with E-state index in [9.17, 15) is 13.6 Å². The summed E-state index contributed by atoms with van der Waals surface area (Å²) in [5.74, 6) is -1.28. The normalized spacial score (nSPS) is 13.1. The molecule has 1 atom stereocenters. The first-order valence-electron chi connectivity index (χ1n) is 7.05. The van der Waals surface area contributed by atoms with E-state index in [0.29, 0.717) is 11.3 Å². The van der Waals surface area contributed by atoms with E-state index in [-0.39, 0.29) is 22.2 Å². The molecule has 9 nitrogen and oxygen atoms in total. The first kappa shape index (κ1) is 18.9. The van der Waals surface area contributed by atoms with E-state index < -0.39 is 26.2 Å². The molecule has 0 heterocycles. The fourth-order valence-electron chi connectivity index (χ4n) is 1.94. The van der Waals surface area contributed by atoms with E-state index in [4.69, 9.17) is 19.0 Å². The van der Waals surface area contributed by atoms with E-state index in [1.807, 2.05) is 0 Å². The summed E-state index contributed by atoms with van der Waals surface area (Å²) in [6.45, 7) is 0. The molecule has 2 aromatic carbocycles. The molecule has 2 aromatic rings. The molecule has 25 heavy (non-hydrogen) atoms. The number of benzene rings is 2. The van der Waals surface area contributed by atoms with Gasteiger partial charge in [0.15, 0.2) is 0 Å². The predicted octanol–water partition coefficient (Wildman–Crippen LogP) is 0.323. The van der Waals surface area contributed by atoms with Gasteiger partial charge in [0.25, 0.3) is 0 Å². The van der Waals surface area contributed by atoms with Crippen LogP contribution in [0.3, 0.4) is 0 Å². The number of hydrogen-bond acceptors (Lipinski definition) is 6. The number of azo groups is 1. The Labute approximate surface area is 145 Å². The zero-order valence-electron chi connectivity index (χ0n) is 12.9. The Bertz CT molecular complexity index is 847. The van der Waals surface area contributed by atoms with Crippen molar-refractivity contribution < 1.29 is 26.9 Å². The fraction of sp³-hybridized carbons (Fsp3) is 0.133. The molecule has 0 aliphatic carbocycles. The van der Waals surface area contributed by atoms with Gasteiger partial charge in [0.2, 0.25) is 0 Å². The van der Waals surface area contributed by atoms with Crippen molar-refractivity contribution in [1.82, 2.24) is 0 Å². The first-order chi connectivity index (χ1) is 11.7. The fourth-order valence-corrected chi connectivity index (χ4v) is 3.07. The number of rotatable bonds is 6. The average molecular weight is 409 g/mol. The van der Waals surface area contributed by atoms with Crippen LogP contribution in [-0.2, 0) is 15.0 Å². The third-order valence-electron chi connectivity index (χ3n) is 3.27. The van der Waals surface area contributed by atoms with Crippen LogP contribution in [0.1, 0.15) is 5.56 Å². The SMILES string of the molecule is N[C@@H](Cc1ccc(O)c(N=Nc2ccc([As](=O)(O)O)cc2)c1)C(=O)O. The minimum absolute atomic E-state index is 0.0666. The zero-order chi connectivity index (χ0) is 18.6. The van der Waals surface area contributed by atoms with Crippen molar-refractivity contribution in [3.63, 3.8) is 0 Å². The van der Waals surface area contributed by atoms with Gasteiger partial charge in [-0.3, -0.25) is 4.79 Å². The minimum Gasteiger partial charge on any atom is -0.480 e. The topological polar surface area (TPSA) is 166 Å². The van der Waals surface area contributed by atoms with Gasteiger partial charge in [-0.1, -0.05) is 0 Å². The molecule has 0 aliphatic rings. The molecule has 6 N–H and O–H groups in total. The summed E-state index contributed by atoms with van der Waals surface area (Å²) in [6, 6.07) is 8.59. The van der Waals surface area contributed by atoms with Crippen LogP contribution in [-0.4, -0.2) is 44.6 Å². The van der Waals surface area contributed by atoms with Crippen molar-refractivity contribution in [3.8, 4) is 5.75 Å². The van der Waals surface area contributed by atoms with E-state index in [1.165, 1.54) is 42.5 Å². The second kappa shape index (κ2) is 7.62. The quantitative estimate of drug-likeness (QED) is 0.338. The Kier molecular flexibility index (Phi) is 5.76. The molecule has 132 valence electrons. The van der Waals surface area contributed by atoms with Gasteiger partial charge in [-0.05, 0) is 0 Å². The minimum atomic E-state index is -4.94. The first-order valence-corrected chi connectivity index (χ1v) is 10.4. The summed E-state index contributed by atoms with van der Waals surface area (Å²) in [6.07, 6.45) is 0.0666. The third kappa shape index (κ3) is 5.26. The van der Waals surface area contributed by atoms with Gasteiger partial charge >= 0.3 is 135 Å². The summed E-state index contributed by atoms with van der Waals surface area (Å²) in [4.78, 5) is 10.8. The molecular weight excluding hydrogens is 393 g/mol. The summed E-state index contributed by atoms with van der Waals surface area (Å²) in [5.41, 5.74) is 6.50. The Morgan fingerprint density at radius 2 is 1.76 bits per heavy atom. The number of carboxylic acid groups (broad SMARTS) is 1. The Balaban J connectivity index is 2.20. The van der Waals surface area contributed by atoms with Crippen molar-refractivity contribution in [1.29, 1.82) is 0 Å². The van der Waals surface area contributed by atoms with E-state index in [0.717, 1.165) is 0 Å². The molecule has 0 unspecified atom stereocenters. The number of aromatic hydroxyl groups is 1. The van der Waals surface area contributed by atoms with Gasteiger partial charge in [0, 0.05) is 0 Å². The van der Waals surface area contributed by atoms with Gasteiger partial charge < -0.3 is 5.11 Å². The van der Waals surface area contributed by atoms with Crippen LogP contribution in [0.4, 0.5) is 11.4 Å². The number of aliphatic carboxylic acids is 1. The molecule has 0 spiro atoms. The molecular formula is C15H16AsN3O6. The van der Waals surface area contributed by atoms with Crippen molar-refractivity contribution in [2.24, 2.45) is 16.0 Å². The molecule has 2 rings (SSSR count). The van der Waals surface area contributed by atoms with Crippen LogP contribution < -0.4 is 10.1 Å². The monoisotopic (exact) mass is 409 g/mol. The van der Waals surface area contributed by atoms with E-state index in [1.54, 1.807) is 0 Å². The van der Waals surface area contributed by atoms with Crippen molar-refractivity contribution in [2.45, 2.75) is 12.5 Å². The average Bonchev–Trinajstić information content (AvgIpc) is 2.54. The Hall–Kier alpha value is -2.45. The standard InChI is InChI=1S/C15H16AsN3O6/c17-12(15(21)22)7-9-1-6-14(20)13(8-9)19-18-11-4-2-10(3-5-11)16(23,24)25/h1-6,8,12,20H,7,17H2,(H,21,22)(H2,23,24,25)/t12-/m0/s1. The van der Waals surface area contributed by atoms with E-state index >= 15 is 0 Å². The van der Waals surface area contributed by atoms with Gasteiger partial charge in [0.1, 0.15) is 0 Å². The van der Waals surface area contributed by atoms with Crippen molar-refractivity contribution >= 4 is 35.9 Å². The van der Waals surface area contributed by atoms with Crippen LogP contribution in [0.25, 0.3) is 0 Å². The smallest absolute Gasteiger partial charge is 0.480 e. The number of carbonyl (C=O) groups is 1. The van der Waals surface area contributed by atoms with Crippen molar-refractivity contribution in [2.75, 3.05) is 0 Å². The maximum absolute atomic E-state index is 11.2. The predicted molar refractivity (Wildman–Crippen MR) is 88.6 cm³/mol. The van der Waals surface area contributed by atoms with Crippen LogP contribution in [0, 0.1) is 0 Å². The summed E-state index contributed by atoms with van der Waals surface area (Å²) >= 11 is -4.94. The summed E-state index contributed by atoms with van der Waals surface area (Å²) in [7, 11) is 0. The van der Waals surface area contributed by atoms with Crippen LogP contribution >= 0.6 is 0 Å². The number of hydrogen-bond donors (Lipinski definition) is 5. The van der Waals surface area contributed by atoms with Crippen LogP contribution in [0.15, 0.2) is 52.7 Å². The molecule has 0 saturated heterocycles. The molecule has 0 saturated carbocycles. The zero-order valence-corrected chi connectivity index (χ0v) is 14.7. The second-order valence-electron chi connectivity index (χ2n) is 5.23. The van der Waals surface area contributed by atoms with Gasteiger partial charge in [-0.15, -0.1) is 0 Å². The second-order valence-corrected chi connectivity index (χ2v) is 8.60. The molecule has 0 aromatic heterocycles. The van der Waals surface area contributed by atoms with Crippen molar-refractivity contribution in [3.05, 3.63) is 48.0 Å². The number of nitrogens with zero attached hydrogens (tertiary/aromatic N) is 2. The number of phenolic OH excluding ortho intramolecular Hbond substituents is 1. The molecule has 0 aliphatic heterocycles. The molecule has 0 bridgehead atoms. The molecule has 0 fully saturated rings. The molecule has 0 amide bonds. The Morgan fingerprint density at radius 3 is 2.32 bits per heavy atom. The van der Waals surface area contributed by atoms with Gasteiger partial charge in [0.05, 0.1) is 0 Å².